The number of halogens is 1. The van der Waals surface area contributed by atoms with Crippen molar-refractivity contribution in [1.82, 2.24) is 10.6 Å². The molecule has 0 aliphatic carbocycles. The maximum absolute atomic E-state index is 12.2. The number of rotatable bonds is 8. The van der Waals surface area contributed by atoms with E-state index in [0.29, 0.717) is 32.1 Å². The van der Waals surface area contributed by atoms with Crippen molar-refractivity contribution in [2.75, 3.05) is 33.0 Å². The Morgan fingerprint density at radius 3 is 3.00 bits per heavy atom. The zero-order valence-electron chi connectivity index (χ0n) is 14.6. The highest BCUT2D eigenvalue weighted by Gasteiger charge is 2.18. The highest BCUT2D eigenvalue weighted by Crippen LogP contribution is 2.24. The Bertz CT molecular complexity index is 531. The molecule has 5 nitrogen and oxygen atoms in total. The number of guanidine groups is 1. The molecule has 0 saturated carbocycles. The van der Waals surface area contributed by atoms with Gasteiger partial charge in [-0.25, -0.2) is 4.99 Å². The van der Waals surface area contributed by atoms with Crippen LogP contribution in [0.25, 0.3) is 0 Å². The van der Waals surface area contributed by atoms with Crippen LogP contribution >= 0.6 is 0 Å². The van der Waals surface area contributed by atoms with Gasteiger partial charge in [0.05, 0.1) is 26.4 Å². The van der Waals surface area contributed by atoms with Crippen molar-refractivity contribution < 1.29 is 13.9 Å². The molecule has 6 heteroatoms. The third kappa shape index (κ3) is 6.00. The van der Waals surface area contributed by atoms with E-state index in [9.17, 15) is 4.39 Å². The maximum Gasteiger partial charge on any atom is 0.191 e. The van der Waals surface area contributed by atoms with Gasteiger partial charge in [0.25, 0.3) is 0 Å². The number of benzene rings is 1. The summed E-state index contributed by atoms with van der Waals surface area (Å²) in [6.07, 6.45) is 1.51. The number of hydrogen-bond acceptors (Lipinski definition) is 3. The molecule has 1 aromatic rings. The summed E-state index contributed by atoms with van der Waals surface area (Å²) in [7, 11) is 0. The third-order valence-corrected chi connectivity index (χ3v) is 3.76. The normalized spacial score (nSPS) is 17.8. The molecule has 2 rings (SSSR count). The Balaban J connectivity index is 2.04. The molecule has 1 aromatic carbocycles. The molecular formula is C18H28FN3O2. The molecule has 1 atom stereocenters. The minimum atomic E-state index is -0.328. The van der Waals surface area contributed by atoms with E-state index in [1.165, 1.54) is 0 Å². The summed E-state index contributed by atoms with van der Waals surface area (Å²) in [5, 5.41) is 6.31. The van der Waals surface area contributed by atoms with Gasteiger partial charge in [-0.15, -0.1) is 0 Å². The highest BCUT2D eigenvalue weighted by atomic mass is 19.1. The number of aliphatic imine (C=N–C) groups is 1. The summed E-state index contributed by atoms with van der Waals surface area (Å²) >= 11 is 0. The molecule has 0 amide bonds. The average Bonchev–Trinajstić information content (AvgIpc) is 3.07. The number of alkyl halides is 1. The summed E-state index contributed by atoms with van der Waals surface area (Å²) in [5.74, 6) is 1.57. The second-order valence-corrected chi connectivity index (χ2v) is 5.88. The van der Waals surface area contributed by atoms with Gasteiger partial charge in [-0.05, 0) is 31.9 Å². The quantitative estimate of drug-likeness (QED) is 0.435. The van der Waals surface area contributed by atoms with Gasteiger partial charge in [0.2, 0.25) is 0 Å². The van der Waals surface area contributed by atoms with Gasteiger partial charge >= 0.3 is 0 Å². The van der Waals surface area contributed by atoms with Crippen LogP contribution in [0.5, 0.6) is 5.75 Å². The van der Waals surface area contributed by atoms with Crippen LogP contribution in [0, 0.1) is 6.92 Å². The van der Waals surface area contributed by atoms with Crippen LogP contribution in [0.3, 0.4) is 0 Å². The van der Waals surface area contributed by atoms with Gasteiger partial charge in [0, 0.05) is 25.1 Å². The van der Waals surface area contributed by atoms with E-state index >= 15 is 0 Å². The first-order chi connectivity index (χ1) is 11.7. The molecule has 0 spiro atoms. The van der Waals surface area contributed by atoms with Gasteiger partial charge in [-0.2, -0.15) is 0 Å². The summed E-state index contributed by atoms with van der Waals surface area (Å²) in [5.41, 5.74) is 2.19. The fraction of sp³-hybridized carbons (Fsp3) is 0.611. The van der Waals surface area contributed by atoms with E-state index in [4.69, 9.17) is 9.47 Å². The van der Waals surface area contributed by atoms with E-state index in [1.807, 2.05) is 19.9 Å². The molecule has 0 aromatic heterocycles. The Hall–Kier alpha value is -1.82. The first-order valence-electron chi connectivity index (χ1n) is 8.65. The fourth-order valence-electron chi connectivity index (χ4n) is 2.47. The van der Waals surface area contributed by atoms with E-state index in [-0.39, 0.29) is 12.8 Å². The molecule has 1 aliphatic heterocycles. The number of nitrogens with zero attached hydrogens (tertiary/aromatic N) is 1. The Kier molecular flexibility index (Phi) is 7.82. The summed E-state index contributed by atoms with van der Waals surface area (Å²) < 4.78 is 23.7. The zero-order chi connectivity index (χ0) is 17.2. The summed E-state index contributed by atoms with van der Waals surface area (Å²) in [4.78, 5) is 4.58. The van der Waals surface area contributed by atoms with Crippen LogP contribution in [0.15, 0.2) is 23.2 Å². The lowest BCUT2D eigenvalue weighted by Crippen LogP contribution is -2.37. The molecule has 0 bridgehead atoms. The second-order valence-electron chi connectivity index (χ2n) is 5.88. The van der Waals surface area contributed by atoms with Crippen molar-refractivity contribution in [2.24, 2.45) is 4.99 Å². The number of aryl methyl sites for hydroxylation is 1. The smallest absolute Gasteiger partial charge is 0.191 e. The van der Waals surface area contributed by atoms with E-state index in [1.54, 1.807) is 0 Å². The SMILES string of the molecule is CCNC(=NCc1ccc(C)cc1OC1CCOC1)NCCCF. The van der Waals surface area contributed by atoms with E-state index < -0.39 is 0 Å². The third-order valence-electron chi connectivity index (χ3n) is 3.76. The topological polar surface area (TPSA) is 54.9 Å². The predicted octanol–water partition coefficient (Wildman–Crippen LogP) is 2.58. The van der Waals surface area contributed by atoms with Gasteiger partial charge in [-0.3, -0.25) is 4.39 Å². The van der Waals surface area contributed by atoms with Crippen LogP contribution in [-0.4, -0.2) is 45.0 Å². The average molecular weight is 337 g/mol. The molecule has 1 fully saturated rings. The van der Waals surface area contributed by atoms with Gasteiger partial charge in [0.15, 0.2) is 5.96 Å². The monoisotopic (exact) mass is 337 g/mol. The molecule has 0 radical (unpaired) electrons. The van der Waals surface area contributed by atoms with Crippen molar-refractivity contribution in [3.63, 3.8) is 0 Å². The standard InChI is InChI=1S/C18H28FN3O2/c1-3-20-18(21-9-4-8-19)22-12-15-6-5-14(2)11-17(15)24-16-7-10-23-13-16/h5-6,11,16H,3-4,7-10,12-13H2,1-2H3,(H2,20,21,22). The molecule has 1 aliphatic rings. The zero-order valence-corrected chi connectivity index (χ0v) is 14.6. The second kappa shape index (κ2) is 10.1. The largest absolute Gasteiger partial charge is 0.488 e. The molecule has 134 valence electrons. The molecule has 24 heavy (non-hydrogen) atoms. The Morgan fingerprint density at radius 1 is 1.42 bits per heavy atom. The van der Waals surface area contributed by atoms with Gasteiger partial charge < -0.3 is 20.1 Å². The minimum absolute atomic E-state index is 0.116. The number of ether oxygens (including phenoxy) is 2. The summed E-state index contributed by atoms with van der Waals surface area (Å²) in [6.45, 7) is 6.97. The fourth-order valence-corrected chi connectivity index (χ4v) is 2.47. The molecule has 1 unspecified atom stereocenters. The van der Waals surface area contributed by atoms with Crippen molar-refractivity contribution in [3.05, 3.63) is 29.3 Å². The lowest BCUT2D eigenvalue weighted by molar-refractivity contribution is 0.140. The number of nitrogens with one attached hydrogen (secondary N) is 2. The molecule has 1 saturated heterocycles. The summed E-state index contributed by atoms with van der Waals surface area (Å²) in [6, 6.07) is 6.16. The van der Waals surface area contributed by atoms with Crippen molar-refractivity contribution in [2.45, 2.75) is 39.3 Å². The Labute approximate surface area is 143 Å². The Morgan fingerprint density at radius 2 is 2.29 bits per heavy atom. The van der Waals surface area contributed by atoms with Crippen LogP contribution in [-0.2, 0) is 11.3 Å². The highest BCUT2D eigenvalue weighted by molar-refractivity contribution is 5.79. The number of hydrogen-bond donors (Lipinski definition) is 2. The first kappa shape index (κ1) is 18.5. The lowest BCUT2D eigenvalue weighted by atomic mass is 10.1. The minimum Gasteiger partial charge on any atom is -0.488 e. The maximum atomic E-state index is 12.2. The van der Waals surface area contributed by atoms with E-state index in [0.717, 1.165) is 36.4 Å². The van der Waals surface area contributed by atoms with Crippen molar-refractivity contribution in [3.8, 4) is 5.75 Å². The van der Waals surface area contributed by atoms with Crippen LogP contribution in [0.2, 0.25) is 0 Å². The molecule has 2 N–H and O–H groups in total. The molecule has 1 heterocycles. The van der Waals surface area contributed by atoms with Crippen LogP contribution < -0.4 is 15.4 Å². The lowest BCUT2D eigenvalue weighted by Gasteiger charge is -2.16. The van der Waals surface area contributed by atoms with Crippen molar-refractivity contribution in [1.29, 1.82) is 0 Å². The predicted molar refractivity (Wildman–Crippen MR) is 94.4 cm³/mol. The van der Waals surface area contributed by atoms with Crippen LogP contribution in [0.1, 0.15) is 30.9 Å². The molecular weight excluding hydrogens is 309 g/mol. The van der Waals surface area contributed by atoms with Crippen molar-refractivity contribution >= 4 is 5.96 Å². The van der Waals surface area contributed by atoms with Gasteiger partial charge in [0.1, 0.15) is 11.9 Å². The van der Waals surface area contributed by atoms with Crippen LogP contribution in [0.4, 0.5) is 4.39 Å². The first-order valence-corrected chi connectivity index (χ1v) is 8.65. The van der Waals surface area contributed by atoms with E-state index in [2.05, 4.69) is 27.8 Å². The van der Waals surface area contributed by atoms with Gasteiger partial charge in [-0.1, -0.05) is 12.1 Å².